The highest BCUT2D eigenvalue weighted by molar-refractivity contribution is 5.92. The largest absolute Gasteiger partial charge is 0.361 e. The molecular weight excluding hydrogens is 214 g/mol. The molecule has 3 heteroatoms. The first-order valence-electron chi connectivity index (χ1n) is 6.72. The Kier molecular flexibility index (Phi) is 3.11. The van der Waals surface area contributed by atoms with Gasteiger partial charge in [-0.1, -0.05) is 6.92 Å². The highest BCUT2D eigenvalue weighted by Crippen LogP contribution is 2.42. The van der Waals surface area contributed by atoms with Crippen LogP contribution in [0.5, 0.6) is 0 Å². The van der Waals surface area contributed by atoms with E-state index in [2.05, 4.69) is 12.2 Å². The topological polar surface area (TPSA) is 38.3 Å². The number of Topliss-reactive ketones (excluding diaryl/α,β-unsaturated/α-hetero) is 1. The molecule has 0 bridgehead atoms. The molecule has 0 radical (unpaired) electrons. The van der Waals surface area contributed by atoms with Crippen LogP contribution in [0.4, 0.5) is 0 Å². The zero-order valence-corrected chi connectivity index (χ0v) is 11.7. The standard InChI is InChI=1S/C14H25NO2/c1-9-6-7-15-10(8-9)11-12(16)14(4,5)17-13(11,2)3/h9-11,15H,6-8H2,1-5H3. The van der Waals surface area contributed by atoms with Crippen molar-refractivity contribution in [2.75, 3.05) is 6.54 Å². The molecule has 3 nitrogen and oxygen atoms in total. The zero-order valence-electron chi connectivity index (χ0n) is 11.7. The van der Waals surface area contributed by atoms with E-state index in [1.54, 1.807) is 0 Å². The van der Waals surface area contributed by atoms with E-state index in [4.69, 9.17) is 4.74 Å². The summed E-state index contributed by atoms with van der Waals surface area (Å²) in [7, 11) is 0. The van der Waals surface area contributed by atoms with E-state index in [1.807, 2.05) is 27.7 Å². The van der Waals surface area contributed by atoms with Crippen LogP contribution in [-0.4, -0.2) is 29.6 Å². The van der Waals surface area contributed by atoms with Gasteiger partial charge in [-0.25, -0.2) is 0 Å². The Balaban J connectivity index is 2.21. The number of hydrogen-bond donors (Lipinski definition) is 1. The summed E-state index contributed by atoms with van der Waals surface area (Å²) in [4.78, 5) is 12.5. The molecule has 2 heterocycles. The first-order chi connectivity index (χ1) is 7.74. The highest BCUT2D eigenvalue weighted by Gasteiger charge is 2.56. The van der Waals surface area contributed by atoms with Crippen molar-refractivity contribution in [1.29, 1.82) is 0 Å². The van der Waals surface area contributed by atoms with E-state index in [0.717, 1.165) is 13.0 Å². The van der Waals surface area contributed by atoms with Crippen molar-refractivity contribution in [3.63, 3.8) is 0 Å². The second-order valence-corrected chi connectivity index (χ2v) is 6.75. The summed E-state index contributed by atoms with van der Waals surface area (Å²) >= 11 is 0. The van der Waals surface area contributed by atoms with Crippen LogP contribution >= 0.6 is 0 Å². The summed E-state index contributed by atoms with van der Waals surface area (Å²) in [6.07, 6.45) is 2.29. The third-order valence-corrected chi connectivity index (χ3v) is 4.25. The van der Waals surface area contributed by atoms with Crippen LogP contribution in [0.3, 0.4) is 0 Å². The average molecular weight is 239 g/mol. The summed E-state index contributed by atoms with van der Waals surface area (Å²) in [5.41, 5.74) is -0.980. The number of carbonyl (C=O) groups excluding carboxylic acids is 1. The molecule has 2 fully saturated rings. The minimum absolute atomic E-state index is 0.0137. The summed E-state index contributed by atoms with van der Waals surface area (Å²) in [5, 5.41) is 3.51. The Morgan fingerprint density at radius 1 is 1.29 bits per heavy atom. The normalized spacial score (nSPS) is 40.5. The summed E-state index contributed by atoms with van der Waals surface area (Å²) in [6, 6.07) is 0.281. The molecule has 0 aromatic carbocycles. The number of rotatable bonds is 1. The van der Waals surface area contributed by atoms with Crippen molar-refractivity contribution in [2.45, 2.75) is 64.7 Å². The number of nitrogens with one attached hydrogen (secondary N) is 1. The number of ketones is 1. The van der Waals surface area contributed by atoms with Crippen LogP contribution in [0.2, 0.25) is 0 Å². The van der Waals surface area contributed by atoms with Crippen molar-refractivity contribution in [3.8, 4) is 0 Å². The van der Waals surface area contributed by atoms with Crippen molar-refractivity contribution >= 4 is 5.78 Å². The number of piperidine rings is 1. The van der Waals surface area contributed by atoms with Gasteiger partial charge in [0.05, 0.1) is 11.5 Å². The van der Waals surface area contributed by atoms with Gasteiger partial charge in [-0.15, -0.1) is 0 Å². The fourth-order valence-corrected chi connectivity index (χ4v) is 3.53. The van der Waals surface area contributed by atoms with E-state index >= 15 is 0 Å². The van der Waals surface area contributed by atoms with Gasteiger partial charge in [0.25, 0.3) is 0 Å². The molecule has 3 atom stereocenters. The predicted octanol–water partition coefficient (Wildman–Crippen LogP) is 2.15. The number of ether oxygens (including phenoxy) is 1. The molecule has 2 rings (SSSR count). The van der Waals surface area contributed by atoms with Gasteiger partial charge >= 0.3 is 0 Å². The van der Waals surface area contributed by atoms with Gasteiger partial charge in [-0.2, -0.15) is 0 Å². The van der Waals surface area contributed by atoms with Gasteiger partial charge in [-0.3, -0.25) is 4.79 Å². The van der Waals surface area contributed by atoms with E-state index in [-0.39, 0.29) is 23.3 Å². The summed E-state index contributed by atoms with van der Waals surface area (Å²) < 4.78 is 5.96. The number of hydrogen-bond acceptors (Lipinski definition) is 3. The molecule has 1 N–H and O–H groups in total. The Bertz CT molecular complexity index is 322. The van der Waals surface area contributed by atoms with Crippen molar-refractivity contribution < 1.29 is 9.53 Å². The van der Waals surface area contributed by atoms with Gasteiger partial charge in [-0.05, 0) is 53.0 Å². The lowest BCUT2D eigenvalue weighted by atomic mass is 9.76. The zero-order chi connectivity index (χ0) is 12.8. The molecule has 3 unspecified atom stereocenters. The molecule has 0 amide bonds. The third-order valence-electron chi connectivity index (χ3n) is 4.25. The Morgan fingerprint density at radius 3 is 2.41 bits per heavy atom. The predicted molar refractivity (Wildman–Crippen MR) is 67.9 cm³/mol. The lowest BCUT2D eigenvalue weighted by Crippen LogP contribution is -2.50. The Morgan fingerprint density at radius 2 is 1.94 bits per heavy atom. The molecule has 0 aromatic heterocycles. The lowest BCUT2D eigenvalue weighted by molar-refractivity contribution is -0.132. The van der Waals surface area contributed by atoms with Crippen LogP contribution in [0, 0.1) is 11.8 Å². The van der Waals surface area contributed by atoms with Gasteiger partial charge < -0.3 is 10.1 Å². The molecule has 0 aliphatic carbocycles. The van der Waals surface area contributed by atoms with E-state index in [1.165, 1.54) is 6.42 Å². The van der Waals surface area contributed by atoms with E-state index in [0.29, 0.717) is 5.92 Å². The van der Waals surface area contributed by atoms with Crippen LogP contribution in [0.25, 0.3) is 0 Å². The fraction of sp³-hybridized carbons (Fsp3) is 0.929. The smallest absolute Gasteiger partial charge is 0.171 e. The lowest BCUT2D eigenvalue weighted by Gasteiger charge is -2.36. The average Bonchev–Trinajstić information content (AvgIpc) is 2.31. The first kappa shape index (κ1) is 13.0. The molecule has 0 spiro atoms. The van der Waals surface area contributed by atoms with Crippen LogP contribution < -0.4 is 5.32 Å². The maximum atomic E-state index is 12.5. The van der Waals surface area contributed by atoms with Crippen molar-refractivity contribution in [2.24, 2.45) is 11.8 Å². The minimum atomic E-state index is -0.628. The highest BCUT2D eigenvalue weighted by atomic mass is 16.5. The Hall–Kier alpha value is -0.410. The minimum Gasteiger partial charge on any atom is -0.361 e. The van der Waals surface area contributed by atoms with Crippen LogP contribution in [-0.2, 0) is 9.53 Å². The Labute approximate surface area is 104 Å². The molecular formula is C14H25NO2. The molecule has 2 saturated heterocycles. The van der Waals surface area contributed by atoms with E-state index < -0.39 is 5.60 Å². The van der Waals surface area contributed by atoms with Gasteiger partial charge in [0.15, 0.2) is 5.78 Å². The van der Waals surface area contributed by atoms with Crippen molar-refractivity contribution in [1.82, 2.24) is 5.32 Å². The van der Waals surface area contributed by atoms with Crippen LogP contribution in [0.1, 0.15) is 47.5 Å². The molecule has 98 valence electrons. The third kappa shape index (κ3) is 2.27. The van der Waals surface area contributed by atoms with Gasteiger partial charge in [0, 0.05) is 6.04 Å². The van der Waals surface area contributed by atoms with Crippen LogP contribution in [0.15, 0.2) is 0 Å². The quantitative estimate of drug-likeness (QED) is 0.762. The second kappa shape index (κ2) is 4.06. The fourth-order valence-electron chi connectivity index (χ4n) is 3.53. The maximum absolute atomic E-state index is 12.5. The van der Waals surface area contributed by atoms with E-state index in [9.17, 15) is 4.79 Å². The molecule has 0 aromatic rings. The SMILES string of the molecule is CC1CCNC(C2C(=O)C(C)(C)OC2(C)C)C1. The van der Waals surface area contributed by atoms with Gasteiger partial charge in [0.1, 0.15) is 5.60 Å². The second-order valence-electron chi connectivity index (χ2n) is 6.75. The molecule has 2 aliphatic rings. The maximum Gasteiger partial charge on any atom is 0.171 e. The summed E-state index contributed by atoms with van der Waals surface area (Å²) in [5.74, 6) is 0.947. The first-order valence-corrected chi connectivity index (χ1v) is 6.72. The van der Waals surface area contributed by atoms with Crippen molar-refractivity contribution in [3.05, 3.63) is 0 Å². The molecule has 2 aliphatic heterocycles. The molecule has 17 heavy (non-hydrogen) atoms. The monoisotopic (exact) mass is 239 g/mol. The van der Waals surface area contributed by atoms with Gasteiger partial charge in [0.2, 0.25) is 0 Å². The molecule has 0 saturated carbocycles. The number of carbonyl (C=O) groups is 1. The summed E-state index contributed by atoms with van der Waals surface area (Å²) in [6.45, 7) is 11.2.